The Kier molecular flexibility index (Phi) is 2.37. The van der Waals surface area contributed by atoms with E-state index in [9.17, 15) is 4.79 Å². The molecule has 2 aromatic rings. The molecule has 0 bridgehead atoms. The number of aromatic amines is 1. The number of benzene rings is 1. The predicted molar refractivity (Wildman–Crippen MR) is 57.9 cm³/mol. The molecule has 0 amide bonds. The molecule has 0 spiro atoms. The minimum Gasteiger partial charge on any atom is -0.339 e. The molecule has 1 aromatic heterocycles. The molecule has 0 aliphatic heterocycles. The third-order valence-electron chi connectivity index (χ3n) is 2.38. The van der Waals surface area contributed by atoms with Crippen molar-refractivity contribution in [2.75, 3.05) is 0 Å². The van der Waals surface area contributed by atoms with E-state index >= 15 is 0 Å². The molecule has 1 aromatic carbocycles. The summed E-state index contributed by atoms with van der Waals surface area (Å²) in [6, 6.07) is 9.15. The number of aryl methyl sites for hydroxylation is 2. The number of H-pyrrole nitrogens is 1. The van der Waals surface area contributed by atoms with E-state index in [1.165, 1.54) is 0 Å². The summed E-state index contributed by atoms with van der Waals surface area (Å²) in [5.41, 5.74) is 2.47. The van der Waals surface area contributed by atoms with Gasteiger partial charge in [0.1, 0.15) is 0 Å². The number of hydrogen-bond acceptors (Lipinski definition) is 2. The van der Waals surface area contributed by atoms with E-state index < -0.39 is 0 Å². The zero-order valence-electron chi connectivity index (χ0n) is 8.74. The van der Waals surface area contributed by atoms with Crippen molar-refractivity contribution in [2.24, 2.45) is 0 Å². The van der Waals surface area contributed by atoms with Gasteiger partial charge in [0.15, 0.2) is 5.82 Å². The molecular formula is C12H12N2O. The van der Waals surface area contributed by atoms with Gasteiger partial charge in [-0.25, -0.2) is 4.98 Å². The smallest absolute Gasteiger partial charge is 0.228 e. The molecule has 0 aliphatic rings. The zero-order valence-corrected chi connectivity index (χ0v) is 8.74. The summed E-state index contributed by atoms with van der Waals surface area (Å²) in [5, 5.41) is 0. The highest BCUT2D eigenvalue weighted by molar-refractivity contribution is 6.06. The largest absolute Gasteiger partial charge is 0.339 e. The van der Waals surface area contributed by atoms with E-state index in [0.29, 0.717) is 11.4 Å². The molecule has 0 saturated carbocycles. The van der Waals surface area contributed by atoms with Crippen LogP contribution in [0.1, 0.15) is 27.6 Å². The molecule has 0 fully saturated rings. The summed E-state index contributed by atoms with van der Waals surface area (Å²) in [7, 11) is 0. The highest BCUT2D eigenvalue weighted by atomic mass is 16.1. The fraction of sp³-hybridized carbons (Fsp3) is 0.167. The monoisotopic (exact) mass is 200 g/mol. The normalized spacial score (nSPS) is 10.3. The number of carbonyl (C=O) groups excluding carboxylic acids is 1. The number of rotatable bonds is 2. The second kappa shape index (κ2) is 3.69. The van der Waals surface area contributed by atoms with Crippen molar-refractivity contribution < 1.29 is 4.79 Å². The maximum absolute atomic E-state index is 11.9. The topological polar surface area (TPSA) is 45.8 Å². The number of nitrogens with zero attached hydrogens (tertiary/aromatic N) is 1. The van der Waals surface area contributed by atoms with Crippen molar-refractivity contribution in [3.63, 3.8) is 0 Å². The summed E-state index contributed by atoms with van der Waals surface area (Å²) in [4.78, 5) is 19.1. The van der Waals surface area contributed by atoms with E-state index in [-0.39, 0.29) is 5.78 Å². The van der Waals surface area contributed by atoms with Gasteiger partial charge in [-0.15, -0.1) is 0 Å². The zero-order chi connectivity index (χ0) is 10.8. The average molecular weight is 200 g/mol. The molecule has 3 heteroatoms. The van der Waals surface area contributed by atoms with Gasteiger partial charge in [0, 0.05) is 11.3 Å². The first-order chi connectivity index (χ1) is 7.18. The molecule has 1 heterocycles. The second-order valence-corrected chi connectivity index (χ2v) is 3.49. The van der Waals surface area contributed by atoms with E-state index in [2.05, 4.69) is 9.97 Å². The van der Waals surface area contributed by atoms with Crippen molar-refractivity contribution in [3.05, 3.63) is 53.1 Å². The fourth-order valence-corrected chi connectivity index (χ4v) is 1.38. The Labute approximate surface area is 88.2 Å². The molecule has 1 N–H and O–H groups in total. The molecule has 0 atom stereocenters. The lowest BCUT2D eigenvalue weighted by molar-refractivity contribution is 0.103. The Morgan fingerprint density at radius 3 is 2.40 bits per heavy atom. The molecule has 0 aliphatic carbocycles. The van der Waals surface area contributed by atoms with Crippen LogP contribution in [-0.2, 0) is 0 Å². The van der Waals surface area contributed by atoms with Crippen LogP contribution in [0.2, 0.25) is 0 Å². The highest BCUT2D eigenvalue weighted by Crippen LogP contribution is 2.09. The van der Waals surface area contributed by atoms with Gasteiger partial charge in [-0.3, -0.25) is 4.79 Å². The third-order valence-corrected chi connectivity index (χ3v) is 2.38. The van der Waals surface area contributed by atoms with Gasteiger partial charge < -0.3 is 4.98 Å². The molecule has 0 radical (unpaired) electrons. The summed E-state index contributed by atoms with van der Waals surface area (Å²) in [6.45, 7) is 3.79. The lowest BCUT2D eigenvalue weighted by Crippen LogP contribution is -2.03. The maximum Gasteiger partial charge on any atom is 0.228 e. The number of nitrogens with one attached hydrogen (secondary N) is 1. The SMILES string of the molecule is Cc1nc(C(=O)c2ccccc2)[nH]c1C. The summed E-state index contributed by atoms with van der Waals surface area (Å²) in [6.07, 6.45) is 0. The number of hydrogen-bond donors (Lipinski definition) is 1. The van der Waals surface area contributed by atoms with Gasteiger partial charge >= 0.3 is 0 Å². The Hall–Kier alpha value is -1.90. The van der Waals surface area contributed by atoms with Crippen LogP contribution in [0, 0.1) is 13.8 Å². The van der Waals surface area contributed by atoms with E-state index in [0.717, 1.165) is 11.4 Å². The predicted octanol–water partition coefficient (Wildman–Crippen LogP) is 2.26. The quantitative estimate of drug-likeness (QED) is 0.756. The first kappa shape index (κ1) is 9.65. The molecule has 0 unspecified atom stereocenters. The van der Waals surface area contributed by atoms with Crippen LogP contribution in [0.15, 0.2) is 30.3 Å². The molecule has 76 valence electrons. The summed E-state index contributed by atoms with van der Waals surface area (Å²) >= 11 is 0. The third kappa shape index (κ3) is 1.81. The van der Waals surface area contributed by atoms with Crippen LogP contribution in [0.3, 0.4) is 0 Å². The molecule has 3 nitrogen and oxygen atoms in total. The van der Waals surface area contributed by atoms with Crippen LogP contribution in [-0.4, -0.2) is 15.8 Å². The average Bonchev–Trinajstić information content (AvgIpc) is 2.59. The Morgan fingerprint density at radius 1 is 1.20 bits per heavy atom. The van der Waals surface area contributed by atoms with Gasteiger partial charge in [-0.2, -0.15) is 0 Å². The van der Waals surface area contributed by atoms with E-state index in [1.54, 1.807) is 12.1 Å². The molecule has 0 saturated heterocycles. The first-order valence-electron chi connectivity index (χ1n) is 4.81. The first-order valence-corrected chi connectivity index (χ1v) is 4.81. The van der Waals surface area contributed by atoms with Crippen LogP contribution < -0.4 is 0 Å². The van der Waals surface area contributed by atoms with Gasteiger partial charge in [0.2, 0.25) is 5.78 Å². The van der Waals surface area contributed by atoms with Crippen molar-refractivity contribution in [1.82, 2.24) is 9.97 Å². The second-order valence-electron chi connectivity index (χ2n) is 3.49. The van der Waals surface area contributed by atoms with Crippen LogP contribution >= 0.6 is 0 Å². The molecule has 15 heavy (non-hydrogen) atoms. The number of imidazole rings is 1. The Bertz CT molecular complexity index is 466. The summed E-state index contributed by atoms with van der Waals surface area (Å²) < 4.78 is 0. The van der Waals surface area contributed by atoms with Gasteiger partial charge in [0.05, 0.1) is 5.69 Å². The number of carbonyl (C=O) groups is 1. The Balaban J connectivity index is 2.37. The van der Waals surface area contributed by atoms with Gasteiger partial charge in [0.25, 0.3) is 0 Å². The molecular weight excluding hydrogens is 188 g/mol. The van der Waals surface area contributed by atoms with Crippen molar-refractivity contribution in [3.8, 4) is 0 Å². The van der Waals surface area contributed by atoms with Crippen molar-refractivity contribution in [2.45, 2.75) is 13.8 Å². The minimum absolute atomic E-state index is 0.0631. The van der Waals surface area contributed by atoms with Gasteiger partial charge in [-0.05, 0) is 13.8 Å². The van der Waals surface area contributed by atoms with Crippen molar-refractivity contribution in [1.29, 1.82) is 0 Å². The van der Waals surface area contributed by atoms with Crippen molar-refractivity contribution >= 4 is 5.78 Å². The van der Waals surface area contributed by atoms with Gasteiger partial charge in [-0.1, -0.05) is 30.3 Å². The number of aromatic nitrogens is 2. The van der Waals surface area contributed by atoms with Crippen LogP contribution in [0.5, 0.6) is 0 Å². The fourth-order valence-electron chi connectivity index (χ4n) is 1.38. The standard InChI is InChI=1S/C12H12N2O/c1-8-9(2)14-12(13-8)11(15)10-6-4-3-5-7-10/h3-7H,1-2H3,(H,13,14). The maximum atomic E-state index is 11.9. The minimum atomic E-state index is -0.0631. The van der Waals surface area contributed by atoms with Crippen LogP contribution in [0.25, 0.3) is 0 Å². The lowest BCUT2D eigenvalue weighted by Gasteiger charge is -1.95. The van der Waals surface area contributed by atoms with E-state index in [1.807, 2.05) is 32.0 Å². The lowest BCUT2D eigenvalue weighted by atomic mass is 10.1. The van der Waals surface area contributed by atoms with E-state index in [4.69, 9.17) is 0 Å². The Morgan fingerprint density at radius 2 is 1.87 bits per heavy atom. The summed E-state index contributed by atoms with van der Waals surface area (Å²) in [5.74, 6) is 0.350. The number of ketones is 1. The van der Waals surface area contributed by atoms with Crippen LogP contribution in [0.4, 0.5) is 0 Å². The molecule has 2 rings (SSSR count). The highest BCUT2D eigenvalue weighted by Gasteiger charge is 2.12.